The number of anilines is 2. The maximum Gasteiger partial charge on any atom is 0.338 e. The Morgan fingerprint density at radius 1 is 0.967 bits per heavy atom. The summed E-state index contributed by atoms with van der Waals surface area (Å²) in [6.45, 7) is 4.10. The summed E-state index contributed by atoms with van der Waals surface area (Å²) >= 11 is 0. The molecule has 0 radical (unpaired) electrons. The highest BCUT2D eigenvalue weighted by molar-refractivity contribution is 7.89. The SMILES string of the molecule is CNS(=O)(=O)c1cc2c(c(C(=O)O)c1)Nc1cc(-c3ccc(C)c(C)c3)ccc1O2. The standard InChI is InChI=1S/C22H20N2O5S/c1-12-4-5-14(8-13(12)2)15-6-7-19-18(9-15)24-21-17(22(25)26)10-16(11-20(21)29-19)30(27,28)23-3/h4-11,23-24H,1-3H3,(H,25,26). The number of aryl methyl sites for hydroxylation is 2. The van der Waals surface area contributed by atoms with Gasteiger partial charge in [-0.25, -0.2) is 17.9 Å². The van der Waals surface area contributed by atoms with Crippen LogP contribution in [0, 0.1) is 13.8 Å². The van der Waals surface area contributed by atoms with E-state index in [4.69, 9.17) is 4.74 Å². The van der Waals surface area contributed by atoms with Gasteiger partial charge in [0.2, 0.25) is 10.0 Å². The fourth-order valence-corrected chi connectivity index (χ4v) is 4.08. The molecule has 1 aliphatic rings. The van der Waals surface area contributed by atoms with Gasteiger partial charge < -0.3 is 15.2 Å². The molecule has 3 aromatic carbocycles. The minimum absolute atomic E-state index is 0.134. The second-order valence-electron chi connectivity index (χ2n) is 7.09. The molecule has 0 saturated heterocycles. The first-order chi connectivity index (χ1) is 14.2. The molecule has 3 N–H and O–H groups in total. The molecule has 0 fully saturated rings. The Hall–Kier alpha value is -3.36. The summed E-state index contributed by atoms with van der Waals surface area (Å²) in [5.74, 6) is -0.648. The first-order valence-electron chi connectivity index (χ1n) is 9.21. The van der Waals surface area contributed by atoms with Crippen molar-refractivity contribution in [2.24, 2.45) is 0 Å². The Labute approximate surface area is 174 Å². The number of carboxylic acid groups (broad SMARTS) is 1. The van der Waals surface area contributed by atoms with E-state index < -0.39 is 16.0 Å². The molecule has 154 valence electrons. The molecule has 1 heterocycles. The van der Waals surface area contributed by atoms with Crippen molar-refractivity contribution in [2.45, 2.75) is 18.7 Å². The minimum atomic E-state index is -3.84. The van der Waals surface area contributed by atoms with Crippen molar-refractivity contribution in [2.75, 3.05) is 12.4 Å². The van der Waals surface area contributed by atoms with Crippen molar-refractivity contribution in [1.82, 2.24) is 4.72 Å². The molecule has 30 heavy (non-hydrogen) atoms. The highest BCUT2D eigenvalue weighted by atomic mass is 32.2. The van der Waals surface area contributed by atoms with Crippen LogP contribution in [0.1, 0.15) is 21.5 Å². The fraction of sp³-hybridized carbons (Fsp3) is 0.136. The number of sulfonamides is 1. The first-order valence-corrected chi connectivity index (χ1v) is 10.7. The van der Waals surface area contributed by atoms with Crippen LogP contribution in [0.3, 0.4) is 0 Å². The number of rotatable bonds is 4. The molecule has 0 aliphatic carbocycles. The summed E-state index contributed by atoms with van der Waals surface area (Å²) < 4.78 is 32.4. The number of carbonyl (C=O) groups is 1. The van der Waals surface area contributed by atoms with Crippen LogP contribution in [0.15, 0.2) is 53.4 Å². The summed E-state index contributed by atoms with van der Waals surface area (Å²) in [5, 5.41) is 12.7. The zero-order valence-corrected chi connectivity index (χ0v) is 17.4. The molecular formula is C22H20N2O5S. The monoisotopic (exact) mass is 424 g/mol. The maximum atomic E-state index is 12.2. The lowest BCUT2D eigenvalue weighted by Gasteiger charge is -2.24. The van der Waals surface area contributed by atoms with Crippen LogP contribution in [0.4, 0.5) is 11.4 Å². The van der Waals surface area contributed by atoms with Crippen LogP contribution in [0.5, 0.6) is 11.5 Å². The van der Waals surface area contributed by atoms with Gasteiger partial charge >= 0.3 is 5.97 Å². The van der Waals surface area contributed by atoms with Gasteiger partial charge in [-0.2, -0.15) is 0 Å². The average Bonchev–Trinajstić information content (AvgIpc) is 2.72. The van der Waals surface area contributed by atoms with Crippen LogP contribution in [0.2, 0.25) is 0 Å². The summed E-state index contributed by atoms with van der Waals surface area (Å²) in [5.41, 5.74) is 4.97. The van der Waals surface area contributed by atoms with E-state index in [2.05, 4.69) is 22.2 Å². The van der Waals surface area contributed by atoms with Gasteiger partial charge in [0, 0.05) is 6.07 Å². The number of hydrogen-bond donors (Lipinski definition) is 3. The van der Waals surface area contributed by atoms with E-state index in [0.717, 1.165) is 17.2 Å². The van der Waals surface area contributed by atoms with E-state index in [1.807, 2.05) is 32.0 Å². The van der Waals surface area contributed by atoms with E-state index in [9.17, 15) is 18.3 Å². The normalized spacial score (nSPS) is 12.4. The topological polar surface area (TPSA) is 105 Å². The predicted octanol–water partition coefficient (Wildman–Crippen LogP) is 4.43. The van der Waals surface area contributed by atoms with Crippen molar-refractivity contribution < 1.29 is 23.1 Å². The second-order valence-corrected chi connectivity index (χ2v) is 8.98. The molecular weight excluding hydrogens is 404 g/mol. The van der Waals surface area contributed by atoms with Crippen LogP contribution in [0.25, 0.3) is 11.1 Å². The lowest BCUT2D eigenvalue weighted by atomic mass is 9.99. The van der Waals surface area contributed by atoms with E-state index >= 15 is 0 Å². The zero-order chi connectivity index (χ0) is 21.6. The van der Waals surface area contributed by atoms with Gasteiger partial charge in [-0.15, -0.1) is 0 Å². The van der Waals surface area contributed by atoms with Gasteiger partial charge in [-0.05, 0) is 61.3 Å². The number of ether oxygens (including phenoxy) is 1. The largest absolute Gasteiger partial charge is 0.478 e. The van der Waals surface area contributed by atoms with E-state index in [0.29, 0.717) is 11.4 Å². The molecule has 0 atom stereocenters. The molecule has 7 nitrogen and oxygen atoms in total. The minimum Gasteiger partial charge on any atom is -0.478 e. The number of aromatic carboxylic acids is 1. The molecule has 0 saturated carbocycles. The van der Waals surface area contributed by atoms with Crippen molar-refractivity contribution in [3.05, 3.63) is 65.2 Å². The van der Waals surface area contributed by atoms with Crippen LogP contribution in [-0.2, 0) is 10.0 Å². The van der Waals surface area contributed by atoms with E-state index in [1.165, 1.54) is 24.2 Å². The van der Waals surface area contributed by atoms with Crippen LogP contribution < -0.4 is 14.8 Å². The van der Waals surface area contributed by atoms with Crippen LogP contribution >= 0.6 is 0 Å². The number of hydrogen-bond acceptors (Lipinski definition) is 5. The molecule has 0 bridgehead atoms. The van der Waals surface area contributed by atoms with Crippen molar-refractivity contribution in [1.29, 1.82) is 0 Å². The highest BCUT2D eigenvalue weighted by Gasteiger charge is 2.27. The molecule has 0 aromatic heterocycles. The Bertz CT molecular complexity index is 1300. The molecule has 8 heteroatoms. The second kappa shape index (κ2) is 7.16. The summed E-state index contributed by atoms with van der Waals surface area (Å²) in [7, 11) is -2.57. The number of fused-ring (bicyclic) bond motifs is 2. The van der Waals surface area contributed by atoms with Gasteiger partial charge in [0.15, 0.2) is 11.5 Å². The van der Waals surface area contributed by atoms with Gasteiger partial charge in [-0.3, -0.25) is 0 Å². The predicted molar refractivity (Wildman–Crippen MR) is 114 cm³/mol. The average molecular weight is 424 g/mol. The number of benzene rings is 3. The quantitative estimate of drug-likeness (QED) is 0.448. The van der Waals surface area contributed by atoms with Gasteiger partial charge in [0.1, 0.15) is 0 Å². The molecule has 3 aromatic rings. The summed E-state index contributed by atoms with van der Waals surface area (Å²) in [4.78, 5) is 11.6. The molecule has 0 amide bonds. The number of nitrogens with one attached hydrogen (secondary N) is 2. The first kappa shape index (κ1) is 19.9. The smallest absolute Gasteiger partial charge is 0.338 e. The Morgan fingerprint density at radius 3 is 2.33 bits per heavy atom. The lowest BCUT2D eigenvalue weighted by molar-refractivity contribution is 0.0697. The molecule has 4 rings (SSSR count). The molecule has 0 spiro atoms. The van der Waals surface area contributed by atoms with E-state index in [-0.39, 0.29) is 21.9 Å². The fourth-order valence-electron chi connectivity index (χ4n) is 3.31. The van der Waals surface area contributed by atoms with Crippen LogP contribution in [-0.4, -0.2) is 26.5 Å². The lowest BCUT2D eigenvalue weighted by Crippen LogP contribution is -2.20. The number of carboxylic acids is 1. The highest BCUT2D eigenvalue weighted by Crippen LogP contribution is 2.46. The van der Waals surface area contributed by atoms with E-state index in [1.54, 1.807) is 6.07 Å². The summed E-state index contributed by atoms with van der Waals surface area (Å²) in [6.07, 6.45) is 0. The summed E-state index contributed by atoms with van der Waals surface area (Å²) in [6, 6.07) is 14.1. The third-order valence-corrected chi connectivity index (χ3v) is 6.58. The van der Waals surface area contributed by atoms with Crippen molar-refractivity contribution in [3.63, 3.8) is 0 Å². The zero-order valence-electron chi connectivity index (χ0n) is 16.6. The third-order valence-electron chi connectivity index (χ3n) is 5.18. The van der Waals surface area contributed by atoms with Crippen molar-refractivity contribution >= 4 is 27.4 Å². The van der Waals surface area contributed by atoms with Crippen molar-refractivity contribution in [3.8, 4) is 22.6 Å². The molecule has 1 aliphatic heterocycles. The third kappa shape index (κ3) is 3.40. The molecule has 0 unspecified atom stereocenters. The Balaban J connectivity index is 1.80. The van der Waals surface area contributed by atoms with Gasteiger partial charge in [-0.1, -0.05) is 24.3 Å². The van der Waals surface area contributed by atoms with Gasteiger partial charge in [0.25, 0.3) is 0 Å². The maximum absolute atomic E-state index is 12.2. The Morgan fingerprint density at radius 2 is 1.67 bits per heavy atom. The Kier molecular flexibility index (Phi) is 4.76. The van der Waals surface area contributed by atoms with Gasteiger partial charge in [0.05, 0.1) is 21.8 Å².